The Labute approximate surface area is 420 Å². The average Bonchev–Trinajstić information content (AvgIpc) is 4.11. The number of benzene rings is 4. The third-order valence-electron chi connectivity index (χ3n) is 10.6. The molecule has 0 aliphatic heterocycles. The molecule has 0 bridgehead atoms. The van der Waals surface area contributed by atoms with Gasteiger partial charge in [-0.1, -0.05) is 41.5 Å². The third kappa shape index (κ3) is 16.5. The van der Waals surface area contributed by atoms with Crippen LogP contribution in [0.15, 0.2) is 128 Å². The quantitative estimate of drug-likeness (QED) is 0.0372. The number of rotatable bonds is 10. The molecular formula is C52H50F6N8O8. The van der Waals surface area contributed by atoms with Crippen molar-refractivity contribution in [2.75, 3.05) is 21.3 Å². The van der Waals surface area contributed by atoms with Gasteiger partial charge < -0.3 is 39.9 Å². The van der Waals surface area contributed by atoms with E-state index in [-0.39, 0.29) is 28.8 Å². The van der Waals surface area contributed by atoms with Gasteiger partial charge in [0.25, 0.3) is 23.6 Å². The Balaban J connectivity index is 0.000000214. The van der Waals surface area contributed by atoms with Crippen molar-refractivity contribution in [2.24, 2.45) is 0 Å². The van der Waals surface area contributed by atoms with Gasteiger partial charge >= 0.3 is 12.4 Å². The van der Waals surface area contributed by atoms with Gasteiger partial charge in [-0.15, -0.1) is 0 Å². The van der Waals surface area contributed by atoms with Crippen LogP contribution in [0.5, 0.6) is 0 Å². The van der Waals surface area contributed by atoms with Gasteiger partial charge in [-0.2, -0.15) is 31.6 Å². The number of hydrogen-bond donors (Lipinski definition) is 5. The van der Waals surface area contributed by atoms with Crippen LogP contribution < -0.4 is 21.3 Å². The molecule has 3 aromatic heterocycles. The molecule has 4 aromatic carbocycles. The third-order valence-corrected chi connectivity index (χ3v) is 10.6. The zero-order valence-electron chi connectivity index (χ0n) is 41.1. The second-order valence-electron chi connectivity index (χ2n) is 15.9. The summed E-state index contributed by atoms with van der Waals surface area (Å²) < 4.78 is 88.4. The molecule has 0 aliphatic carbocycles. The van der Waals surface area contributed by atoms with Gasteiger partial charge in [0.05, 0.1) is 29.7 Å². The highest BCUT2D eigenvalue weighted by molar-refractivity contribution is 6.07. The fourth-order valence-electron chi connectivity index (χ4n) is 6.42. The molecule has 3 heterocycles. The molecule has 22 heteroatoms. The lowest BCUT2D eigenvalue weighted by molar-refractivity contribution is -0.138. The van der Waals surface area contributed by atoms with E-state index < -0.39 is 46.6 Å². The number of aliphatic hydroxyl groups is 1. The molecule has 16 nitrogen and oxygen atoms in total. The summed E-state index contributed by atoms with van der Waals surface area (Å²) in [6.07, 6.45) is -2.81. The summed E-state index contributed by atoms with van der Waals surface area (Å²) in [5.74, 6) is -0.848. The van der Waals surface area contributed by atoms with Gasteiger partial charge in [-0.3, -0.25) is 19.2 Å². The minimum atomic E-state index is -4.46. The fraction of sp³-hybridized carbons (Fsp3) is 0.231. The van der Waals surface area contributed by atoms with Crippen molar-refractivity contribution < 1.29 is 64.2 Å². The topological polar surface area (TPSA) is 239 Å². The van der Waals surface area contributed by atoms with Gasteiger partial charge in [0.1, 0.15) is 45.8 Å². The van der Waals surface area contributed by atoms with E-state index in [0.29, 0.717) is 28.4 Å². The molecule has 74 heavy (non-hydrogen) atoms. The van der Waals surface area contributed by atoms with E-state index >= 15 is 0 Å². The number of nitrogens with one attached hydrogen (secondary N) is 4. The molecule has 0 aliphatic rings. The van der Waals surface area contributed by atoms with Crippen molar-refractivity contribution in [3.05, 3.63) is 182 Å². The second-order valence-corrected chi connectivity index (χ2v) is 15.9. The minimum absolute atomic E-state index is 0.0898. The number of carbonyl (C=O) groups excluding carboxylic acids is 4. The molecular weight excluding hydrogens is 979 g/mol. The first-order valence-electron chi connectivity index (χ1n) is 22.2. The number of alkyl halides is 6. The highest BCUT2D eigenvalue weighted by atomic mass is 19.4. The fourth-order valence-corrected chi connectivity index (χ4v) is 6.42. The Morgan fingerprint density at radius 3 is 1.24 bits per heavy atom. The first-order valence-corrected chi connectivity index (χ1v) is 22.2. The van der Waals surface area contributed by atoms with Gasteiger partial charge in [0.15, 0.2) is 5.57 Å². The van der Waals surface area contributed by atoms with Crippen LogP contribution in [0.3, 0.4) is 0 Å². The van der Waals surface area contributed by atoms with E-state index in [1.165, 1.54) is 59.0 Å². The lowest BCUT2D eigenvalue weighted by Crippen LogP contribution is -2.15. The monoisotopic (exact) mass is 1030 g/mol. The van der Waals surface area contributed by atoms with E-state index in [0.717, 1.165) is 67.5 Å². The van der Waals surface area contributed by atoms with E-state index in [2.05, 4.69) is 57.5 Å². The Bertz CT molecular complexity index is 3130. The summed E-state index contributed by atoms with van der Waals surface area (Å²) in [5, 5.41) is 38.7. The standard InChI is InChI=1S/2C14H16N2O2.2C12H9F3N2O2/c1-4-11-5-6-12(7-9(11)2)16-14(17)13-8-15-18-10(13)3;1-4-11-7-12(6-5-9(11)2)16-14(17)13-8-15-18-10(13)3;1-7-10(6-16-19-7)11(18)17-9-4-2-8(3-5-9)12(13,14)15;1-7(18)10(6-16)11(19)17-9-4-2-8(3-5-9)12(13,14)15/h2*5-8H,4H2,1-3H3,(H,16,17);2-6H,1H3,(H,17,18);2-5,18H,1H3,(H,17,19)/b;;;10-7+. The van der Waals surface area contributed by atoms with Gasteiger partial charge in [-0.25, -0.2) is 0 Å². The number of nitriles is 1. The number of anilines is 4. The van der Waals surface area contributed by atoms with E-state index in [4.69, 9.17) is 23.9 Å². The van der Waals surface area contributed by atoms with Crippen molar-refractivity contribution in [3.8, 4) is 6.07 Å². The lowest BCUT2D eigenvalue weighted by atomic mass is 10.1. The van der Waals surface area contributed by atoms with Crippen molar-refractivity contribution in [1.82, 2.24) is 15.5 Å². The summed E-state index contributed by atoms with van der Waals surface area (Å²) in [4.78, 5) is 47.2. The van der Waals surface area contributed by atoms with Gasteiger partial charge in [0, 0.05) is 22.7 Å². The highest BCUT2D eigenvalue weighted by Crippen LogP contribution is 2.31. The number of amides is 4. The van der Waals surface area contributed by atoms with Crippen LogP contribution in [0, 0.1) is 45.9 Å². The van der Waals surface area contributed by atoms with Crippen molar-refractivity contribution in [1.29, 1.82) is 5.26 Å². The van der Waals surface area contributed by atoms with Crippen molar-refractivity contribution in [2.45, 2.75) is 80.6 Å². The molecule has 7 rings (SSSR count). The number of carbonyl (C=O) groups is 4. The molecule has 0 saturated heterocycles. The molecule has 0 radical (unpaired) electrons. The normalized spacial score (nSPS) is 11.1. The minimum Gasteiger partial charge on any atom is -0.511 e. The molecule has 0 saturated carbocycles. The van der Waals surface area contributed by atoms with Crippen LogP contribution in [0.4, 0.5) is 49.1 Å². The van der Waals surface area contributed by atoms with E-state index in [9.17, 15) is 45.5 Å². The van der Waals surface area contributed by atoms with Gasteiger partial charge in [-0.05, 0) is 149 Å². The maximum absolute atomic E-state index is 12.4. The number of aromatic nitrogens is 3. The Morgan fingerprint density at radius 2 is 0.905 bits per heavy atom. The van der Waals surface area contributed by atoms with Crippen LogP contribution >= 0.6 is 0 Å². The number of allylic oxidation sites excluding steroid dienone is 1. The molecule has 0 atom stereocenters. The number of nitrogens with zero attached hydrogens (tertiary/aromatic N) is 4. The molecule has 4 amide bonds. The second kappa shape index (κ2) is 25.9. The van der Waals surface area contributed by atoms with Crippen LogP contribution in [0.25, 0.3) is 0 Å². The maximum atomic E-state index is 12.4. The summed E-state index contributed by atoms with van der Waals surface area (Å²) in [5.41, 5.74) is 5.91. The average molecular weight is 1030 g/mol. The predicted octanol–water partition coefficient (Wildman–Crippen LogP) is 12.5. The van der Waals surface area contributed by atoms with Crippen LogP contribution in [0.1, 0.15) is 103 Å². The van der Waals surface area contributed by atoms with Crippen LogP contribution in [-0.2, 0) is 30.0 Å². The molecule has 0 fully saturated rings. The van der Waals surface area contributed by atoms with Crippen molar-refractivity contribution in [3.63, 3.8) is 0 Å². The van der Waals surface area contributed by atoms with Gasteiger partial charge in [0.2, 0.25) is 0 Å². The summed E-state index contributed by atoms with van der Waals surface area (Å²) >= 11 is 0. The number of hydrogen-bond acceptors (Lipinski definition) is 12. The van der Waals surface area contributed by atoms with Crippen LogP contribution in [-0.4, -0.2) is 44.2 Å². The van der Waals surface area contributed by atoms with E-state index in [1.54, 1.807) is 20.8 Å². The summed E-state index contributed by atoms with van der Waals surface area (Å²) in [6.45, 7) is 14.5. The summed E-state index contributed by atoms with van der Waals surface area (Å²) in [6, 6.07) is 21.2. The molecule has 0 spiro atoms. The van der Waals surface area contributed by atoms with Crippen molar-refractivity contribution >= 4 is 46.4 Å². The number of aryl methyl sites for hydroxylation is 7. The number of halogens is 6. The van der Waals surface area contributed by atoms with Crippen LogP contribution in [0.2, 0.25) is 0 Å². The smallest absolute Gasteiger partial charge is 0.416 e. The maximum Gasteiger partial charge on any atom is 0.416 e. The molecule has 388 valence electrons. The molecule has 0 unspecified atom stereocenters. The Morgan fingerprint density at radius 1 is 0.541 bits per heavy atom. The largest absolute Gasteiger partial charge is 0.511 e. The first kappa shape index (κ1) is 57.6. The summed E-state index contributed by atoms with van der Waals surface area (Å²) in [7, 11) is 0. The Hall–Kier alpha value is -9.00. The lowest BCUT2D eigenvalue weighted by Gasteiger charge is -2.08. The predicted molar refractivity (Wildman–Crippen MR) is 261 cm³/mol. The SMILES string of the molecule is C/C(O)=C(/C#N)C(=O)Nc1ccc(C(F)(F)F)cc1.CCc1cc(NC(=O)c2cnoc2C)ccc1C.CCc1ccc(NC(=O)c2cnoc2C)cc1C.Cc1oncc1C(=O)Nc1ccc(C(F)(F)F)cc1. The zero-order valence-corrected chi connectivity index (χ0v) is 41.1. The molecule has 7 aromatic rings. The first-order chi connectivity index (χ1) is 34.9. The van der Waals surface area contributed by atoms with E-state index in [1.807, 2.05) is 43.3 Å². The zero-order chi connectivity index (χ0) is 54.9. The highest BCUT2D eigenvalue weighted by Gasteiger charge is 2.31. The number of aliphatic hydroxyl groups excluding tert-OH is 1. The Kier molecular flexibility index (Phi) is 20.2. The molecule has 5 N–H and O–H groups in total.